The number of aromatic nitrogens is 4. The van der Waals surface area contributed by atoms with Crippen LogP contribution in [-0.4, -0.2) is 52.0 Å². The topological polar surface area (TPSA) is 107 Å². The van der Waals surface area contributed by atoms with Crippen LogP contribution in [0.3, 0.4) is 0 Å². The van der Waals surface area contributed by atoms with Crippen molar-refractivity contribution in [1.29, 1.82) is 0 Å². The van der Waals surface area contributed by atoms with Crippen LogP contribution in [0.1, 0.15) is 46.2 Å². The lowest BCUT2D eigenvalue weighted by Crippen LogP contribution is -2.36. The second-order valence-corrected chi connectivity index (χ2v) is 8.55. The number of carbonyl (C=O) groups is 1. The molecule has 1 aliphatic carbocycles. The van der Waals surface area contributed by atoms with Gasteiger partial charge in [-0.15, -0.1) is 0 Å². The van der Waals surface area contributed by atoms with Crippen molar-refractivity contribution in [2.45, 2.75) is 32.1 Å². The third kappa shape index (κ3) is 4.00. The molecule has 4 aromatic rings. The summed E-state index contributed by atoms with van der Waals surface area (Å²) in [5.74, 6) is 0.658. The highest BCUT2D eigenvalue weighted by atomic mass is 16.5. The van der Waals surface area contributed by atoms with Gasteiger partial charge in [0.2, 0.25) is 11.5 Å². The van der Waals surface area contributed by atoms with Crippen LogP contribution >= 0.6 is 0 Å². The number of hydrogen-bond acceptors (Lipinski definition) is 9. The maximum absolute atomic E-state index is 13.1. The average molecular weight is 445 g/mol. The van der Waals surface area contributed by atoms with E-state index in [-0.39, 0.29) is 12.2 Å². The molecular formula is C24H23N5O4. The number of oxazole rings is 2. The van der Waals surface area contributed by atoms with E-state index in [1.165, 1.54) is 6.26 Å². The Morgan fingerprint density at radius 1 is 1.15 bits per heavy atom. The predicted octanol–water partition coefficient (Wildman–Crippen LogP) is 3.72. The van der Waals surface area contributed by atoms with Crippen molar-refractivity contribution >= 4 is 23.0 Å². The van der Waals surface area contributed by atoms with E-state index in [4.69, 9.17) is 18.6 Å². The molecule has 1 aliphatic heterocycles. The van der Waals surface area contributed by atoms with Crippen molar-refractivity contribution in [2.75, 3.05) is 31.2 Å². The molecule has 0 unspecified atom stereocenters. The molecule has 2 aliphatic rings. The van der Waals surface area contributed by atoms with Crippen molar-refractivity contribution in [1.82, 2.24) is 19.9 Å². The van der Waals surface area contributed by atoms with Gasteiger partial charge in [-0.05, 0) is 43.5 Å². The maximum atomic E-state index is 13.1. The van der Waals surface area contributed by atoms with Gasteiger partial charge in [-0.3, -0.25) is 9.78 Å². The highest BCUT2D eigenvalue weighted by molar-refractivity contribution is 5.96. The quantitative estimate of drug-likeness (QED) is 0.410. The number of carbonyl (C=O) groups excluding carboxylic acids is 1. The summed E-state index contributed by atoms with van der Waals surface area (Å²) in [5, 5.41) is 0. The first-order chi connectivity index (χ1) is 16.1. The van der Waals surface area contributed by atoms with Crippen LogP contribution in [0.2, 0.25) is 0 Å². The molecule has 9 heteroatoms. The van der Waals surface area contributed by atoms with Gasteiger partial charge in [-0.2, -0.15) is 4.98 Å². The van der Waals surface area contributed by atoms with Gasteiger partial charge in [-0.1, -0.05) is 0 Å². The molecule has 0 spiro atoms. The maximum Gasteiger partial charge on any atom is 0.300 e. The second kappa shape index (κ2) is 8.08. The number of morpholine rings is 1. The Morgan fingerprint density at radius 3 is 2.79 bits per heavy atom. The lowest BCUT2D eigenvalue weighted by molar-refractivity contribution is 0.0988. The molecule has 0 bridgehead atoms. The molecule has 2 fully saturated rings. The summed E-state index contributed by atoms with van der Waals surface area (Å²) in [4.78, 5) is 33.1. The molecule has 0 N–H and O–H groups in total. The number of Topliss-reactive ketones (excluding diaryl/α,β-unsaturated/α-hetero) is 1. The number of ketones is 1. The van der Waals surface area contributed by atoms with Crippen LogP contribution in [0, 0.1) is 6.92 Å². The van der Waals surface area contributed by atoms with Crippen molar-refractivity contribution in [3.8, 4) is 11.5 Å². The van der Waals surface area contributed by atoms with E-state index in [1.54, 1.807) is 6.20 Å². The number of nitrogens with zero attached hydrogens (tertiary/aromatic N) is 5. The largest absolute Gasteiger partial charge is 0.444 e. The summed E-state index contributed by atoms with van der Waals surface area (Å²) >= 11 is 0. The van der Waals surface area contributed by atoms with Crippen LogP contribution in [0.4, 0.5) is 6.01 Å². The molecule has 0 radical (unpaired) electrons. The molecule has 1 saturated carbocycles. The molecule has 0 amide bonds. The molecule has 4 aromatic heterocycles. The number of fused-ring (bicyclic) bond motifs is 1. The number of aryl methyl sites for hydroxylation is 1. The Kier molecular flexibility index (Phi) is 4.91. The Bertz CT molecular complexity index is 1330. The number of anilines is 1. The minimum Gasteiger partial charge on any atom is -0.444 e. The molecular weight excluding hydrogens is 422 g/mol. The predicted molar refractivity (Wildman–Crippen MR) is 119 cm³/mol. The second-order valence-electron chi connectivity index (χ2n) is 8.55. The van der Waals surface area contributed by atoms with Crippen molar-refractivity contribution < 1.29 is 18.4 Å². The normalized spacial score (nSPS) is 16.5. The fraction of sp³-hybridized carbons (Fsp3) is 0.375. The summed E-state index contributed by atoms with van der Waals surface area (Å²) in [7, 11) is 0. The Labute approximate surface area is 189 Å². The van der Waals surface area contributed by atoms with E-state index in [1.807, 2.05) is 25.1 Å². The first-order valence-corrected chi connectivity index (χ1v) is 11.2. The summed E-state index contributed by atoms with van der Waals surface area (Å²) in [6.07, 6.45) is 5.44. The smallest absolute Gasteiger partial charge is 0.300 e. The number of pyridine rings is 2. The Balaban J connectivity index is 1.28. The third-order valence-electron chi connectivity index (χ3n) is 6.01. The molecule has 0 atom stereocenters. The fourth-order valence-electron chi connectivity index (χ4n) is 4.12. The van der Waals surface area contributed by atoms with E-state index in [0.717, 1.165) is 48.4 Å². The standard InChI is InChI=1S/C24H23N5O4/c1-14-10-16(4-5-25-14)23-26-18(13-32-23)19(30)11-17-12-20-22(27-21(17)15-2-3-15)28-24(33-20)29-6-8-31-9-7-29/h4-5,10,12-13,15H,2-3,6-9,11H2,1H3. The highest BCUT2D eigenvalue weighted by Gasteiger charge is 2.30. The highest BCUT2D eigenvalue weighted by Crippen LogP contribution is 2.42. The number of ether oxygens (including phenoxy) is 1. The van der Waals surface area contributed by atoms with E-state index in [9.17, 15) is 4.79 Å². The number of hydrogen-bond donors (Lipinski definition) is 0. The van der Waals surface area contributed by atoms with Gasteiger partial charge in [0.25, 0.3) is 6.01 Å². The van der Waals surface area contributed by atoms with E-state index in [0.29, 0.717) is 48.0 Å². The molecule has 168 valence electrons. The summed E-state index contributed by atoms with van der Waals surface area (Å²) in [6, 6.07) is 6.16. The van der Waals surface area contributed by atoms with Crippen LogP contribution in [-0.2, 0) is 11.2 Å². The zero-order valence-electron chi connectivity index (χ0n) is 18.3. The zero-order chi connectivity index (χ0) is 22.4. The molecule has 5 heterocycles. The summed E-state index contributed by atoms with van der Waals surface area (Å²) < 4.78 is 17.0. The Hall–Kier alpha value is -3.59. The van der Waals surface area contributed by atoms with Crippen molar-refractivity contribution in [3.63, 3.8) is 0 Å². The average Bonchev–Trinajstić information content (AvgIpc) is 3.39. The minimum absolute atomic E-state index is 0.119. The van der Waals surface area contributed by atoms with Gasteiger partial charge < -0.3 is 18.5 Å². The van der Waals surface area contributed by atoms with E-state index in [2.05, 4.69) is 19.9 Å². The van der Waals surface area contributed by atoms with Crippen LogP contribution < -0.4 is 4.90 Å². The lowest BCUT2D eigenvalue weighted by atomic mass is 10.0. The van der Waals surface area contributed by atoms with E-state index >= 15 is 0 Å². The van der Waals surface area contributed by atoms with Gasteiger partial charge in [0.05, 0.1) is 13.2 Å². The molecule has 0 aromatic carbocycles. The van der Waals surface area contributed by atoms with Crippen molar-refractivity contribution in [2.24, 2.45) is 0 Å². The third-order valence-corrected chi connectivity index (χ3v) is 6.01. The van der Waals surface area contributed by atoms with Crippen LogP contribution in [0.25, 0.3) is 22.7 Å². The van der Waals surface area contributed by atoms with Crippen LogP contribution in [0.5, 0.6) is 0 Å². The SMILES string of the molecule is Cc1cc(-c2nc(C(=O)Cc3cc4oc(N5CCOCC5)nc4nc3C3CC3)co2)ccn1. The Morgan fingerprint density at radius 2 is 2.00 bits per heavy atom. The monoisotopic (exact) mass is 445 g/mol. The number of rotatable bonds is 6. The van der Waals surface area contributed by atoms with Gasteiger partial charge in [0, 0.05) is 48.6 Å². The fourth-order valence-corrected chi connectivity index (χ4v) is 4.12. The minimum atomic E-state index is -0.119. The molecule has 9 nitrogen and oxygen atoms in total. The molecule has 6 rings (SSSR count). The first kappa shape index (κ1) is 20.0. The lowest BCUT2D eigenvalue weighted by Gasteiger charge is -2.24. The summed E-state index contributed by atoms with van der Waals surface area (Å²) in [6.45, 7) is 4.67. The molecule has 1 saturated heterocycles. The first-order valence-electron chi connectivity index (χ1n) is 11.2. The molecule has 33 heavy (non-hydrogen) atoms. The van der Waals surface area contributed by atoms with Crippen LogP contribution in [0.15, 0.2) is 39.5 Å². The van der Waals surface area contributed by atoms with Crippen molar-refractivity contribution in [3.05, 3.63) is 53.3 Å². The zero-order valence-corrected chi connectivity index (χ0v) is 18.3. The van der Waals surface area contributed by atoms with Gasteiger partial charge in [-0.25, -0.2) is 9.97 Å². The van der Waals surface area contributed by atoms with Gasteiger partial charge >= 0.3 is 0 Å². The summed E-state index contributed by atoms with van der Waals surface area (Å²) in [5.41, 5.74) is 4.93. The van der Waals surface area contributed by atoms with Gasteiger partial charge in [0.15, 0.2) is 11.4 Å². The van der Waals surface area contributed by atoms with E-state index < -0.39 is 0 Å². The van der Waals surface area contributed by atoms with Gasteiger partial charge in [0.1, 0.15) is 12.0 Å².